The van der Waals surface area contributed by atoms with Gasteiger partial charge in [-0.05, 0) is 13.3 Å². The number of methoxy groups -OCH3 is 1. The van der Waals surface area contributed by atoms with Gasteiger partial charge in [-0.3, -0.25) is 14.3 Å². The highest BCUT2D eigenvalue weighted by molar-refractivity contribution is 7.41. The van der Waals surface area contributed by atoms with E-state index in [9.17, 15) is 14.7 Å². The van der Waals surface area contributed by atoms with Crippen LogP contribution < -0.4 is 11.2 Å². The average Bonchev–Trinajstić information content (AvgIpc) is 2.92. The fourth-order valence-corrected chi connectivity index (χ4v) is 3.73. The van der Waals surface area contributed by atoms with Crippen molar-refractivity contribution < 1.29 is 32.5 Å². The number of halogens is 1. The molecule has 1 aliphatic heterocycles. The standard InChI is InChI=1S/C17H25FN3O8P/c1-17(18)14(23)12(29-15(17)21-7-5-13(22)20-16(21)24)11-28-30(26-9-3-6-19)27-10-4-8-25-2/h5,7,12,14-15,23H,3-4,8-11H2,1-2H3,(H,20,22,24)/t12-,14-,15-,17-,30?/m1/s1. The Morgan fingerprint density at radius 2 is 2.10 bits per heavy atom. The summed E-state index contributed by atoms with van der Waals surface area (Å²) in [5.74, 6) is 0. The third-order valence-electron chi connectivity index (χ3n) is 4.27. The third-order valence-corrected chi connectivity index (χ3v) is 5.41. The van der Waals surface area contributed by atoms with Gasteiger partial charge in [0.1, 0.15) is 12.2 Å². The molecule has 0 amide bonds. The van der Waals surface area contributed by atoms with Gasteiger partial charge in [-0.25, -0.2) is 9.18 Å². The predicted octanol–water partition coefficient (Wildman–Crippen LogP) is 0.750. The number of hydrogen-bond acceptors (Lipinski definition) is 9. The van der Waals surface area contributed by atoms with Crippen molar-refractivity contribution in [2.45, 2.75) is 43.9 Å². The van der Waals surface area contributed by atoms with Crippen LogP contribution in [-0.2, 0) is 23.0 Å². The average molecular weight is 449 g/mol. The molecule has 0 bridgehead atoms. The summed E-state index contributed by atoms with van der Waals surface area (Å²) < 4.78 is 42.9. The van der Waals surface area contributed by atoms with Crippen molar-refractivity contribution in [3.05, 3.63) is 33.1 Å². The first-order chi connectivity index (χ1) is 14.3. The fourth-order valence-electron chi connectivity index (χ4n) is 2.72. The Kier molecular flexibility index (Phi) is 9.51. The van der Waals surface area contributed by atoms with E-state index >= 15 is 4.39 Å². The fraction of sp³-hybridized carbons (Fsp3) is 0.706. The molecule has 2 heterocycles. The molecular weight excluding hydrogens is 424 g/mol. The summed E-state index contributed by atoms with van der Waals surface area (Å²) in [6, 6.07) is 2.98. The predicted molar refractivity (Wildman–Crippen MR) is 102 cm³/mol. The van der Waals surface area contributed by atoms with E-state index in [4.69, 9.17) is 28.3 Å². The smallest absolute Gasteiger partial charge is 0.332 e. The number of ether oxygens (including phenoxy) is 2. The minimum Gasteiger partial charge on any atom is -0.387 e. The van der Waals surface area contributed by atoms with E-state index < -0.39 is 44.0 Å². The number of nitrogens with zero attached hydrogens (tertiary/aromatic N) is 2. The summed E-state index contributed by atoms with van der Waals surface area (Å²) in [6.45, 7) is 1.64. The van der Waals surface area contributed by atoms with Crippen molar-refractivity contribution in [2.24, 2.45) is 0 Å². The van der Waals surface area contributed by atoms with Crippen molar-refractivity contribution in [3.63, 3.8) is 0 Å². The van der Waals surface area contributed by atoms with Gasteiger partial charge in [0.2, 0.25) is 0 Å². The number of rotatable bonds is 12. The Balaban J connectivity index is 2.02. The lowest BCUT2D eigenvalue weighted by Crippen LogP contribution is -2.43. The van der Waals surface area contributed by atoms with E-state index in [1.54, 1.807) is 7.11 Å². The zero-order valence-electron chi connectivity index (χ0n) is 16.7. The summed E-state index contributed by atoms with van der Waals surface area (Å²) in [7, 11) is -0.315. The first-order valence-corrected chi connectivity index (χ1v) is 10.3. The molecule has 1 unspecified atom stereocenters. The zero-order chi connectivity index (χ0) is 22.1. The van der Waals surface area contributed by atoms with Crippen molar-refractivity contribution in [2.75, 3.05) is 33.5 Å². The number of nitriles is 1. The molecule has 0 spiro atoms. The Morgan fingerprint density at radius 3 is 2.77 bits per heavy atom. The van der Waals surface area contributed by atoms with Gasteiger partial charge in [0.25, 0.3) is 5.56 Å². The molecule has 1 aromatic rings. The van der Waals surface area contributed by atoms with Gasteiger partial charge in [-0.1, -0.05) is 0 Å². The van der Waals surface area contributed by atoms with Crippen LogP contribution in [0.5, 0.6) is 0 Å². The molecule has 2 rings (SSSR count). The van der Waals surface area contributed by atoms with Crippen molar-refractivity contribution in [1.82, 2.24) is 9.55 Å². The second kappa shape index (κ2) is 11.6. The second-order valence-corrected chi connectivity index (χ2v) is 7.80. The number of alkyl halides is 1. The van der Waals surface area contributed by atoms with E-state index in [2.05, 4.69) is 0 Å². The maximum Gasteiger partial charge on any atom is 0.332 e. The molecule has 11 nitrogen and oxygen atoms in total. The van der Waals surface area contributed by atoms with Gasteiger partial charge >= 0.3 is 14.3 Å². The second-order valence-electron chi connectivity index (χ2n) is 6.58. The normalized spacial score (nSPS) is 27.1. The molecule has 1 aliphatic rings. The van der Waals surface area contributed by atoms with Gasteiger partial charge in [0.15, 0.2) is 11.9 Å². The van der Waals surface area contributed by atoms with Crippen molar-refractivity contribution in [3.8, 4) is 6.07 Å². The molecule has 0 aliphatic carbocycles. The van der Waals surface area contributed by atoms with Gasteiger partial charge in [0.05, 0.1) is 32.3 Å². The van der Waals surface area contributed by atoms with E-state index in [1.165, 1.54) is 0 Å². The summed E-state index contributed by atoms with van der Waals surface area (Å²) in [4.78, 5) is 25.2. The van der Waals surface area contributed by atoms with E-state index in [0.717, 1.165) is 23.8 Å². The molecule has 13 heteroatoms. The minimum atomic E-state index is -2.33. The molecule has 0 aromatic carbocycles. The molecule has 2 N–H and O–H groups in total. The highest BCUT2D eigenvalue weighted by atomic mass is 31.2. The minimum absolute atomic E-state index is 0.0801. The number of hydrogen-bond donors (Lipinski definition) is 2. The molecule has 168 valence electrons. The summed E-state index contributed by atoms with van der Waals surface area (Å²) in [6.07, 6.45) is -2.41. The number of aromatic amines is 1. The molecule has 5 atom stereocenters. The van der Waals surface area contributed by atoms with Crippen LogP contribution in [0, 0.1) is 11.3 Å². The summed E-state index contributed by atoms with van der Waals surface area (Å²) >= 11 is 0. The first kappa shape index (κ1) is 24.6. The monoisotopic (exact) mass is 449 g/mol. The Bertz CT molecular complexity index is 826. The lowest BCUT2D eigenvalue weighted by Gasteiger charge is -2.24. The Labute approximate surface area is 173 Å². The molecule has 1 fully saturated rings. The van der Waals surface area contributed by atoms with Crippen LogP contribution in [0.3, 0.4) is 0 Å². The van der Waals surface area contributed by atoms with Crippen LogP contribution in [0.25, 0.3) is 0 Å². The van der Waals surface area contributed by atoms with Crippen LogP contribution >= 0.6 is 8.60 Å². The number of aromatic nitrogens is 2. The lowest BCUT2D eigenvalue weighted by atomic mass is 9.98. The van der Waals surface area contributed by atoms with E-state index in [0.29, 0.717) is 13.0 Å². The molecule has 1 aromatic heterocycles. The Morgan fingerprint density at radius 1 is 1.37 bits per heavy atom. The zero-order valence-corrected chi connectivity index (χ0v) is 17.5. The molecular formula is C17H25FN3O8P. The third kappa shape index (κ3) is 6.39. The quantitative estimate of drug-likeness (QED) is 0.349. The maximum atomic E-state index is 15.2. The van der Waals surface area contributed by atoms with Crippen LogP contribution in [0.2, 0.25) is 0 Å². The molecule has 0 radical (unpaired) electrons. The highest BCUT2D eigenvalue weighted by Gasteiger charge is 2.55. The van der Waals surface area contributed by atoms with Crippen LogP contribution in [0.15, 0.2) is 21.9 Å². The largest absolute Gasteiger partial charge is 0.387 e. The van der Waals surface area contributed by atoms with Crippen molar-refractivity contribution >= 4 is 8.60 Å². The highest BCUT2D eigenvalue weighted by Crippen LogP contribution is 2.44. The number of nitrogens with one attached hydrogen (secondary N) is 1. The number of aliphatic hydroxyl groups excluding tert-OH is 1. The maximum absolute atomic E-state index is 15.2. The first-order valence-electron chi connectivity index (χ1n) is 9.20. The van der Waals surface area contributed by atoms with Crippen LogP contribution in [0.1, 0.15) is 26.0 Å². The van der Waals surface area contributed by atoms with Crippen molar-refractivity contribution in [1.29, 1.82) is 5.26 Å². The van der Waals surface area contributed by atoms with E-state index in [-0.39, 0.29) is 26.2 Å². The number of aliphatic hydroxyl groups is 1. The van der Waals surface area contributed by atoms with Gasteiger partial charge in [-0.15, -0.1) is 0 Å². The van der Waals surface area contributed by atoms with Gasteiger partial charge in [0, 0.05) is 26.0 Å². The van der Waals surface area contributed by atoms with Gasteiger partial charge < -0.3 is 28.2 Å². The summed E-state index contributed by atoms with van der Waals surface area (Å²) in [5.41, 5.74) is -3.84. The Hall–Kier alpha value is -1.71. The molecule has 1 saturated heterocycles. The topological polar surface area (TPSA) is 145 Å². The lowest BCUT2D eigenvalue weighted by molar-refractivity contribution is -0.0602. The molecule has 30 heavy (non-hydrogen) atoms. The number of H-pyrrole nitrogens is 1. The van der Waals surface area contributed by atoms with Crippen LogP contribution in [0.4, 0.5) is 4.39 Å². The summed E-state index contributed by atoms with van der Waals surface area (Å²) in [5, 5.41) is 19.0. The van der Waals surface area contributed by atoms with E-state index in [1.807, 2.05) is 11.1 Å². The van der Waals surface area contributed by atoms with Crippen LogP contribution in [-0.4, -0.2) is 66.1 Å². The molecule has 0 saturated carbocycles. The SMILES string of the molecule is COCCCOP(OCCC#N)OC[C@H]1O[C@@H](n2ccc(=O)[nH]c2=O)[C@](C)(F)[C@@H]1O. The van der Waals surface area contributed by atoms with Gasteiger partial charge in [-0.2, -0.15) is 5.26 Å².